The number of hydrogen-bond acceptors (Lipinski definition) is 2. The van der Waals surface area contributed by atoms with E-state index in [9.17, 15) is 0 Å². The highest BCUT2D eigenvalue weighted by Gasteiger charge is 2.28. The van der Waals surface area contributed by atoms with E-state index in [0.29, 0.717) is 44.8 Å². The van der Waals surface area contributed by atoms with E-state index in [0.717, 1.165) is 49.8 Å². The molecule has 0 spiro atoms. The van der Waals surface area contributed by atoms with Crippen LogP contribution in [0.3, 0.4) is 0 Å². The number of ether oxygens (including phenoxy) is 1. The molecular weight excluding hydrogens is 997 g/mol. The number of pyridine rings is 1. The third-order valence-electron chi connectivity index (χ3n) is 15.5. The molecule has 0 bridgehead atoms. The van der Waals surface area contributed by atoms with Gasteiger partial charge in [0, 0.05) is 32.7 Å². The fourth-order valence-electron chi connectivity index (χ4n) is 10.8. The predicted octanol–water partition coefficient (Wildman–Crippen LogP) is 20.2. The molecule has 408 valence electrons. The molecule has 0 saturated carbocycles. The Morgan fingerprint density at radius 2 is 1.07 bits per heavy atom. The predicted molar refractivity (Wildman–Crippen MR) is 344 cm³/mol. The molecule has 0 fully saturated rings. The number of benzene rings is 9. The van der Waals surface area contributed by atoms with Crippen molar-refractivity contribution in [3.05, 3.63) is 246 Å². The summed E-state index contributed by atoms with van der Waals surface area (Å²) in [4.78, 5) is 4.77. The van der Waals surface area contributed by atoms with Gasteiger partial charge in [0.05, 0.1) is 47.1 Å². The van der Waals surface area contributed by atoms with Crippen LogP contribution in [0.25, 0.3) is 94.5 Å². The van der Waals surface area contributed by atoms with Crippen LogP contribution in [-0.4, -0.2) is 14.1 Å². The Morgan fingerprint density at radius 1 is 0.463 bits per heavy atom. The van der Waals surface area contributed by atoms with E-state index in [-0.39, 0.29) is 61.8 Å². The van der Waals surface area contributed by atoms with Gasteiger partial charge in [-0.2, -0.15) is 0 Å². The zero-order chi connectivity index (χ0) is 68.7. The topological polar surface area (TPSA) is 35.9 Å². The summed E-state index contributed by atoms with van der Waals surface area (Å²) in [7, 11) is 0. The van der Waals surface area contributed by atoms with Crippen LogP contribution < -0.4 is 9.30 Å². The van der Waals surface area contributed by atoms with Crippen LogP contribution in [0, 0.1) is 13.2 Å². The van der Waals surface area contributed by atoms with E-state index in [4.69, 9.17) is 27.5 Å². The zero-order valence-electron chi connectivity index (χ0n) is 61.6. The molecule has 0 amide bonds. The highest BCUT2D eigenvalue weighted by Crippen LogP contribution is 2.44. The smallest absolute Gasteiger partial charge is 0.269 e. The second-order valence-corrected chi connectivity index (χ2v) is 25.5. The summed E-state index contributed by atoms with van der Waals surface area (Å²) in [5.74, 6) is 1.06. The molecule has 5 heteroatoms. The van der Waals surface area contributed by atoms with Crippen LogP contribution in [0.15, 0.2) is 212 Å². The third-order valence-corrected chi connectivity index (χ3v) is 15.5. The molecule has 12 rings (SSSR count). The first kappa shape index (κ1) is 40.4. The normalized spacial score (nSPS) is 14.9. The van der Waals surface area contributed by atoms with Crippen molar-refractivity contribution in [3.8, 4) is 73.2 Å². The quantitative estimate of drug-likeness (QED) is 0.107. The van der Waals surface area contributed by atoms with E-state index in [1.807, 2.05) is 94.1 Å². The van der Waals surface area contributed by atoms with E-state index in [1.165, 1.54) is 23.4 Å². The lowest BCUT2D eigenvalue weighted by Crippen LogP contribution is -2.32. The highest BCUT2D eigenvalue weighted by molar-refractivity contribution is 6.09. The minimum absolute atomic E-state index is 0.0560. The van der Waals surface area contributed by atoms with Crippen molar-refractivity contribution in [2.45, 2.75) is 112 Å². The van der Waals surface area contributed by atoms with Crippen LogP contribution in [0.5, 0.6) is 11.5 Å². The molecular formula is C77H74N4O. The summed E-state index contributed by atoms with van der Waals surface area (Å²) in [5, 5.41) is 1.65. The molecule has 5 nitrogen and oxygen atoms in total. The molecule has 0 aliphatic carbocycles. The summed E-state index contributed by atoms with van der Waals surface area (Å²) in [6.45, 7) is 24.0. The van der Waals surface area contributed by atoms with Crippen molar-refractivity contribution in [1.82, 2.24) is 14.1 Å². The number of imidazole rings is 1. The fraction of sp³-hybridized carbons (Fsp3) is 0.221. The van der Waals surface area contributed by atoms with Crippen molar-refractivity contribution in [2.75, 3.05) is 0 Å². The summed E-state index contributed by atoms with van der Waals surface area (Å²) in [6, 6.07) is 43.2. The first-order valence-electron chi connectivity index (χ1n) is 34.4. The van der Waals surface area contributed by atoms with E-state index in [1.54, 1.807) is 0 Å². The number of nitrogens with zero attached hydrogens (tertiary/aromatic N) is 4. The molecule has 0 aliphatic rings. The zero-order valence-corrected chi connectivity index (χ0v) is 48.6. The van der Waals surface area contributed by atoms with Crippen LogP contribution in [0.2, 0.25) is 0 Å². The van der Waals surface area contributed by atoms with Crippen molar-refractivity contribution >= 4 is 32.8 Å². The molecule has 0 saturated heterocycles. The molecule has 12 aromatic rings. The van der Waals surface area contributed by atoms with Gasteiger partial charge in [-0.15, -0.1) is 0 Å². The molecule has 0 aliphatic heterocycles. The summed E-state index contributed by atoms with van der Waals surface area (Å²) in [6.07, 6.45) is 5.12. The molecule has 0 N–H and O–H groups in total. The van der Waals surface area contributed by atoms with Gasteiger partial charge in [0.15, 0.2) is 0 Å². The Balaban J connectivity index is 1.09. The van der Waals surface area contributed by atoms with E-state index >= 15 is 0 Å². The van der Waals surface area contributed by atoms with Gasteiger partial charge in [-0.1, -0.05) is 235 Å². The van der Waals surface area contributed by atoms with Gasteiger partial charge in [-0.05, 0) is 144 Å². The molecule has 0 atom stereocenters. The van der Waals surface area contributed by atoms with Crippen LogP contribution >= 0.6 is 0 Å². The van der Waals surface area contributed by atoms with Crippen LogP contribution in [-0.2, 0) is 21.7 Å². The van der Waals surface area contributed by atoms with Gasteiger partial charge in [0.2, 0.25) is 0 Å². The molecule has 3 heterocycles. The summed E-state index contributed by atoms with van der Waals surface area (Å²) < 4.78 is 125. The first-order valence-corrected chi connectivity index (χ1v) is 27.9. The van der Waals surface area contributed by atoms with Crippen molar-refractivity contribution in [1.29, 1.82) is 0 Å². The standard InChI is InChI=1S/C77H74N4O/c1-50-38-72(78-48-67(50)52-26-18-15-19-27-52)81-68-33-21-20-32-63(68)64-36-35-62(47-70(64)81)82-61-31-23-30-60(46-61)79-49-80(69-37-34-53(42-71(69)79)51-24-16-14-17-25-51)73-65(54-28-22-29-56(39-54)74(2,3)4)44-59(77(11,12)13)45-66(73)55-40-57(75(5,6)7)43-58(41-55)76(8,9)10/h14-48H,1-13H3/i1D3,14D,15D,16D,17D,18D,19D,24D,25D,26D,27D. The summed E-state index contributed by atoms with van der Waals surface area (Å²) in [5.41, 5.74) is 11.7. The maximum Gasteiger partial charge on any atom is 0.269 e. The van der Waals surface area contributed by atoms with E-state index in [2.05, 4.69) is 149 Å². The van der Waals surface area contributed by atoms with E-state index < -0.39 is 55.2 Å². The summed E-state index contributed by atoms with van der Waals surface area (Å²) >= 11 is 0. The van der Waals surface area contributed by atoms with Crippen LogP contribution in [0.1, 0.15) is 129 Å². The van der Waals surface area contributed by atoms with Gasteiger partial charge in [0.1, 0.15) is 17.3 Å². The fourth-order valence-corrected chi connectivity index (χ4v) is 10.8. The first-order chi connectivity index (χ1) is 44.4. The van der Waals surface area contributed by atoms with Gasteiger partial charge < -0.3 is 4.74 Å². The second-order valence-electron chi connectivity index (χ2n) is 25.5. The van der Waals surface area contributed by atoms with Gasteiger partial charge >= 0.3 is 0 Å². The lowest BCUT2D eigenvalue weighted by atomic mass is 9.77. The Hall–Kier alpha value is -8.80. The Labute approximate surface area is 503 Å². The molecule has 9 aromatic carbocycles. The molecule has 3 aromatic heterocycles. The van der Waals surface area contributed by atoms with Crippen molar-refractivity contribution < 1.29 is 27.1 Å². The lowest BCUT2D eigenvalue weighted by molar-refractivity contribution is -0.571. The minimum atomic E-state index is -2.80. The Bertz CT molecular complexity index is 5060. The maximum atomic E-state index is 9.16. The van der Waals surface area contributed by atoms with Gasteiger partial charge in [-0.3, -0.25) is 13.7 Å². The molecule has 82 heavy (non-hydrogen) atoms. The number of rotatable bonds is 9. The third kappa shape index (κ3) is 10.2. The van der Waals surface area contributed by atoms with Crippen LogP contribution in [0.4, 0.5) is 0 Å². The SMILES string of the molecule is [2H]c1c([2H])c([2H])c(-c2ccc3c(c2)n(-c2cccc(Oc4ccc5c6ccccc6n(-c6cc(C([2H])([2H])[2H])c(-c7c([2H])c([2H])c([2H])c([2H])c7[2H])cn6)c5c4)c2)[c-][n+]3-c2c(-c3cccc(C(C)(C)C)c3)cc(C(C)(C)C)cc2-c2cc(C(C)(C)C)cc(C(C)(C)C)c2)c([2H])c1[2H]. The minimum Gasteiger partial charge on any atom is -0.458 e. The molecule has 0 unspecified atom stereocenters. The largest absolute Gasteiger partial charge is 0.458 e. The average molecular weight is 1080 g/mol. The second kappa shape index (κ2) is 20.3. The number of aryl methyl sites for hydroxylation is 1. The van der Waals surface area contributed by atoms with Gasteiger partial charge in [0.25, 0.3) is 6.33 Å². The lowest BCUT2D eigenvalue weighted by Gasteiger charge is -2.29. The Kier molecular flexibility index (Phi) is 10.0. The molecule has 0 radical (unpaired) electrons. The van der Waals surface area contributed by atoms with Crippen molar-refractivity contribution in [3.63, 3.8) is 0 Å². The number of hydrogen-bond donors (Lipinski definition) is 0. The monoisotopic (exact) mass is 1080 g/mol. The Morgan fingerprint density at radius 3 is 1.76 bits per heavy atom. The number of aromatic nitrogens is 4. The average Bonchev–Trinajstić information content (AvgIpc) is 1.65. The number of para-hydroxylation sites is 1. The van der Waals surface area contributed by atoms with Gasteiger partial charge in [-0.25, -0.2) is 4.98 Å². The highest BCUT2D eigenvalue weighted by atomic mass is 16.5. The van der Waals surface area contributed by atoms with Crippen molar-refractivity contribution in [2.24, 2.45) is 0 Å². The maximum absolute atomic E-state index is 9.16. The number of fused-ring (bicyclic) bond motifs is 4.